The van der Waals surface area contributed by atoms with E-state index in [0.29, 0.717) is 23.1 Å². The number of carbonyl (C=O) groups excluding carboxylic acids is 2. The summed E-state index contributed by atoms with van der Waals surface area (Å²) in [5, 5.41) is 2.90. The first kappa shape index (κ1) is 21.1. The second-order valence-corrected chi connectivity index (χ2v) is 10.6. The molecule has 1 aliphatic carbocycles. The number of nitrogens with one attached hydrogen (secondary N) is 1. The van der Waals surface area contributed by atoms with E-state index in [4.69, 9.17) is 0 Å². The van der Waals surface area contributed by atoms with Crippen molar-refractivity contribution >= 4 is 43.3 Å². The summed E-state index contributed by atoms with van der Waals surface area (Å²) < 4.78 is 26.5. The lowest BCUT2D eigenvalue weighted by Crippen LogP contribution is -2.35. The number of halogens is 1. The summed E-state index contributed by atoms with van der Waals surface area (Å²) in [6, 6.07) is 11.0. The van der Waals surface area contributed by atoms with Crippen LogP contribution >= 0.6 is 15.9 Å². The van der Waals surface area contributed by atoms with Gasteiger partial charge in [0.25, 0.3) is 0 Å². The van der Waals surface area contributed by atoms with Crippen LogP contribution in [0.4, 0.5) is 5.69 Å². The van der Waals surface area contributed by atoms with Crippen molar-refractivity contribution in [2.45, 2.75) is 43.5 Å². The normalized spacial score (nSPS) is 17.9. The highest BCUT2D eigenvalue weighted by Crippen LogP contribution is 2.36. The smallest absolute Gasteiger partial charge is 0.236 e. The van der Waals surface area contributed by atoms with Crippen LogP contribution in [0.15, 0.2) is 45.8 Å². The van der Waals surface area contributed by atoms with Crippen molar-refractivity contribution in [1.29, 1.82) is 0 Å². The number of hydrogen-bond acceptors (Lipinski definition) is 4. The van der Waals surface area contributed by atoms with Gasteiger partial charge in [0.2, 0.25) is 11.8 Å². The van der Waals surface area contributed by atoms with Crippen LogP contribution in [-0.2, 0) is 32.3 Å². The highest BCUT2D eigenvalue weighted by molar-refractivity contribution is 9.10. The SMILES string of the molecule is CC(=O)N1CCc2cc(Br)c(S(=O)(=O)CC(=O)NC3CCCc4ccccc43)cc21. The van der Waals surface area contributed by atoms with E-state index in [0.717, 1.165) is 30.4 Å². The van der Waals surface area contributed by atoms with Crippen molar-refractivity contribution < 1.29 is 18.0 Å². The van der Waals surface area contributed by atoms with E-state index in [9.17, 15) is 18.0 Å². The molecule has 0 saturated heterocycles. The number of aryl methyl sites for hydroxylation is 1. The zero-order valence-corrected chi connectivity index (χ0v) is 19.1. The molecular weight excluding hydrogens is 468 g/mol. The molecule has 0 radical (unpaired) electrons. The van der Waals surface area contributed by atoms with Crippen LogP contribution in [0.3, 0.4) is 0 Å². The fraction of sp³-hybridized carbons (Fsp3) is 0.364. The minimum Gasteiger partial charge on any atom is -0.348 e. The Kier molecular flexibility index (Phi) is 5.72. The van der Waals surface area contributed by atoms with E-state index in [-0.39, 0.29) is 16.8 Å². The molecule has 1 atom stereocenters. The number of rotatable bonds is 4. The molecule has 4 rings (SSSR count). The average Bonchev–Trinajstić information content (AvgIpc) is 3.10. The zero-order valence-electron chi connectivity index (χ0n) is 16.7. The highest BCUT2D eigenvalue weighted by atomic mass is 79.9. The Morgan fingerprint density at radius 3 is 2.70 bits per heavy atom. The molecule has 158 valence electrons. The fourth-order valence-electron chi connectivity index (χ4n) is 4.34. The molecule has 0 spiro atoms. The molecule has 0 saturated carbocycles. The molecule has 1 aliphatic heterocycles. The van der Waals surface area contributed by atoms with Crippen molar-refractivity contribution in [3.05, 3.63) is 57.6 Å². The number of hydrogen-bond donors (Lipinski definition) is 1. The Morgan fingerprint density at radius 1 is 1.17 bits per heavy atom. The molecule has 6 nitrogen and oxygen atoms in total. The van der Waals surface area contributed by atoms with E-state index in [1.807, 2.05) is 24.3 Å². The molecule has 2 aliphatic rings. The predicted octanol–water partition coefficient (Wildman–Crippen LogP) is 3.33. The van der Waals surface area contributed by atoms with Gasteiger partial charge >= 0.3 is 0 Å². The first-order chi connectivity index (χ1) is 14.3. The van der Waals surface area contributed by atoms with Gasteiger partial charge in [0.15, 0.2) is 9.84 Å². The van der Waals surface area contributed by atoms with Crippen LogP contribution in [0.1, 0.15) is 42.5 Å². The van der Waals surface area contributed by atoms with Gasteiger partial charge in [-0.1, -0.05) is 24.3 Å². The van der Waals surface area contributed by atoms with E-state index >= 15 is 0 Å². The van der Waals surface area contributed by atoms with Crippen LogP contribution in [-0.4, -0.2) is 32.5 Å². The van der Waals surface area contributed by atoms with E-state index < -0.39 is 21.5 Å². The topological polar surface area (TPSA) is 83.6 Å². The zero-order chi connectivity index (χ0) is 21.5. The maximum Gasteiger partial charge on any atom is 0.236 e. The minimum absolute atomic E-state index is 0.0357. The summed E-state index contributed by atoms with van der Waals surface area (Å²) in [6.07, 6.45) is 3.38. The van der Waals surface area contributed by atoms with Crippen molar-refractivity contribution in [2.75, 3.05) is 17.2 Å². The number of benzene rings is 2. The Hall–Kier alpha value is -2.19. The quantitative estimate of drug-likeness (QED) is 0.712. The minimum atomic E-state index is -3.89. The van der Waals surface area contributed by atoms with Crippen molar-refractivity contribution in [3.63, 3.8) is 0 Å². The standard InChI is InChI=1S/C22H23BrN2O4S/c1-14(26)25-10-9-16-11-18(23)21(12-20(16)25)30(28,29)13-22(27)24-19-8-4-6-15-5-2-3-7-17(15)19/h2-3,5,7,11-12,19H,4,6,8-10,13H2,1H3,(H,24,27). The maximum atomic E-state index is 13.0. The van der Waals surface area contributed by atoms with E-state index in [1.54, 1.807) is 11.0 Å². The van der Waals surface area contributed by atoms with Crippen LogP contribution in [0.5, 0.6) is 0 Å². The largest absolute Gasteiger partial charge is 0.348 e. The van der Waals surface area contributed by atoms with Gasteiger partial charge in [-0.2, -0.15) is 0 Å². The molecule has 1 heterocycles. The van der Waals surface area contributed by atoms with Crippen LogP contribution in [0, 0.1) is 0 Å². The van der Waals surface area contributed by atoms with Crippen LogP contribution in [0.25, 0.3) is 0 Å². The molecule has 2 aromatic rings. The molecule has 1 N–H and O–H groups in total. The fourth-order valence-corrected chi connectivity index (χ4v) is 6.71. The number of amides is 2. The van der Waals surface area contributed by atoms with Crippen molar-refractivity contribution in [2.24, 2.45) is 0 Å². The molecule has 30 heavy (non-hydrogen) atoms. The van der Waals surface area contributed by atoms with Gasteiger partial charge in [0.05, 0.1) is 10.9 Å². The Morgan fingerprint density at radius 2 is 1.93 bits per heavy atom. The van der Waals surface area contributed by atoms with Gasteiger partial charge in [-0.3, -0.25) is 9.59 Å². The molecular formula is C22H23BrN2O4S. The summed E-state index contributed by atoms with van der Waals surface area (Å²) in [6.45, 7) is 1.99. The molecule has 2 aromatic carbocycles. The molecule has 0 fully saturated rings. The van der Waals surface area contributed by atoms with Gasteiger partial charge in [-0.15, -0.1) is 0 Å². The lowest BCUT2D eigenvalue weighted by atomic mass is 9.88. The summed E-state index contributed by atoms with van der Waals surface area (Å²) in [5.74, 6) is -1.29. The van der Waals surface area contributed by atoms with Crippen molar-refractivity contribution in [1.82, 2.24) is 5.32 Å². The third-order valence-corrected chi connectivity index (χ3v) is 8.34. The van der Waals surface area contributed by atoms with Gasteiger partial charge in [0, 0.05) is 23.6 Å². The number of anilines is 1. The van der Waals surface area contributed by atoms with E-state index in [1.165, 1.54) is 18.6 Å². The summed E-state index contributed by atoms with van der Waals surface area (Å²) >= 11 is 3.34. The molecule has 0 bridgehead atoms. The summed E-state index contributed by atoms with van der Waals surface area (Å²) in [5.41, 5.74) is 3.78. The van der Waals surface area contributed by atoms with Crippen LogP contribution in [0.2, 0.25) is 0 Å². The maximum absolute atomic E-state index is 13.0. The molecule has 8 heteroatoms. The number of nitrogens with zero attached hydrogens (tertiary/aromatic N) is 1. The predicted molar refractivity (Wildman–Crippen MR) is 118 cm³/mol. The van der Waals surface area contributed by atoms with Gasteiger partial charge in [-0.25, -0.2) is 8.42 Å². The number of fused-ring (bicyclic) bond motifs is 2. The van der Waals surface area contributed by atoms with Crippen molar-refractivity contribution in [3.8, 4) is 0 Å². The second-order valence-electron chi connectivity index (χ2n) is 7.80. The highest BCUT2D eigenvalue weighted by Gasteiger charge is 2.30. The Labute approximate surface area is 184 Å². The first-order valence-corrected chi connectivity index (χ1v) is 12.4. The third-order valence-electron chi connectivity index (χ3n) is 5.77. The lowest BCUT2D eigenvalue weighted by Gasteiger charge is -2.26. The summed E-state index contributed by atoms with van der Waals surface area (Å²) in [7, 11) is -3.89. The summed E-state index contributed by atoms with van der Waals surface area (Å²) in [4.78, 5) is 26.1. The van der Waals surface area contributed by atoms with E-state index in [2.05, 4.69) is 21.2 Å². The average molecular weight is 491 g/mol. The van der Waals surface area contributed by atoms with Gasteiger partial charge in [-0.05, 0) is 70.4 Å². The molecule has 1 unspecified atom stereocenters. The molecule has 2 amide bonds. The van der Waals surface area contributed by atoms with Crippen LogP contribution < -0.4 is 10.2 Å². The number of carbonyl (C=O) groups is 2. The third kappa shape index (κ3) is 4.03. The Balaban J connectivity index is 1.55. The Bertz CT molecular complexity index is 1130. The van der Waals surface area contributed by atoms with Gasteiger partial charge in [0.1, 0.15) is 5.75 Å². The second kappa shape index (κ2) is 8.15. The monoisotopic (exact) mass is 490 g/mol. The first-order valence-electron chi connectivity index (χ1n) is 9.97. The number of sulfone groups is 1. The molecule has 0 aromatic heterocycles. The van der Waals surface area contributed by atoms with Gasteiger partial charge < -0.3 is 10.2 Å². The lowest BCUT2D eigenvalue weighted by molar-refractivity contribution is -0.119.